The largest absolute Gasteiger partial charge is 0.312 e. The van der Waals surface area contributed by atoms with Crippen molar-refractivity contribution in [3.05, 3.63) is 48.3 Å². The van der Waals surface area contributed by atoms with Crippen molar-refractivity contribution in [1.29, 1.82) is 0 Å². The molecule has 120 valence electrons. The number of aromatic nitrogens is 2. The van der Waals surface area contributed by atoms with Crippen LogP contribution in [0.1, 0.15) is 18.9 Å². The molecule has 6 heteroatoms. The fourth-order valence-corrected chi connectivity index (χ4v) is 3.60. The summed E-state index contributed by atoms with van der Waals surface area (Å²) in [6.45, 7) is 5.53. The van der Waals surface area contributed by atoms with Crippen LogP contribution in [0, 0.1) is 6.92 Å². The quantitative estimate of drug-likeness (QED) is 0.756. The van der Waals surface area contributed by atoms with Gasteiger partial charge in [-0.2, -0.15) is 5.10 Å². The van der Waals surface area contributed by atoms with Gasteiger partial charge in [-0.3, -0.25) is 4.68 Å². The SMILES string of the molecule is Cc1cnn(C[C@H](C)NCCCS(=O)(=O)c2ccccc2)c1. The van der Waals surface area contributed by atoms with E-state index in [4.69, 9.17) is 0 Å². The van der Waals surface area contributed by atoms with Crippen molar-refractivity contribution in [2.75, 3.05) is 12.3 Å². The molecule has 0 amide bonds. The number of sulfone groups is 1. The van der Waals surface area contributed by atoms with Crippen LogP contribution < -0.4 is 5.32 Å². The zero-order valence-electron chi connectivity index (χ0n) is 13.1. The Morgan fingerprint density at radius 1 is 1.27 bits per heavy atom. The van der Waals surface area contributed by atoms with Crippen molar-refractivity contribution in [2.45, 2.75) is 37.8 Å². The van der Waals surface area contributed by atoms with Gasteiger partial charge in [0.2, 0.25) is 0 Å². The summed E-state index contributed by atoms with van der Waals surface area (Å²) < 4.78 is 26.2. The van der Waals surface area contributed by atoms with E-state index in [0.717, 1.165) is 12.1 Å². The van der Waals surface area contributed by atoms with Crippen molar-refractivity contribution in [2.24, 2.45) is 0 Å². The standard InChI is InChI=1S/C16H23N3O2S/c1-14-11-18-19(12-14)13-15(2)17-9-6-10-22(20,21)16-7-4-3-5-8-16/h3-5,7-8,11-12,15,17H,6,9-10,13H2,1-2H3/t15-/m0/s1. The molecule has 0 saturated heterocycles. The lowest BCUT2D eigenvalue weighted by molar-refractivity contribution is 0.451. The third-order valence-corrected chi connectivity index (χ3v) is 5.22. The molecule has 1 heterocycles. The van der Waals surface area contributed by atoms with Gasteiger partial charge in [0.15, 0.2) is 9.84 Å². The molecule has 0 radical (unpaired) electrons. The van der Waals surface area contributed by atoms with Gasteiger partial charge in [0, 0.05) is 12.2 Å². The Hall–Kier alpha value is -1.66. The van der Waals surface area contributed by atoms with Gasteiger partial charge in [0.1, 0.15) is 0 Å². The zero-order chi connectivity index (χ0) is 16.0. The second-order valence-electron chi connectivity index (χ2n) is 5.58. The van der Waals surface area contributed by atoms with Gasteiger partial charge in [-0.25, -0.2) is 8.42 Å². The van der Waals surface area contributed by atoms with E-state index in [0.29, 0.717) is 17.9 Å². The smallest absolute Gasteiger partial charge is 0.178 e. The molecule has 1 aromatic carbocycles. The maximum Gasteiger partial charge on any atom is 0.178 e. The van der Waals surface area contributed by atoms with Crippen LogP contribution in [0.4, 0.5) is 0 Å². The Morgan fingerprint density at radius 2 is 2.00 bits per heavy atom. The number of aryl methyl sites for hydroxylation is 1. The molecule has 2 rings (SSSR count). The summed E-state index contributed by atoms with van der Waals surface area (Å²) in [6.07, 6.45) is 4.43. The van der Waals surface area contributed by atoms with E-state index in [9.17, 15) is 8.42 Å². The van der Waals surface area contributed by atoms with E-state index in [1.54, 1.807) is 24.3 Å². The summed E-state index contributed by atoms with van der Waals surface area (Å²) >= 11 is 0. The molecule has 0 bridgehead atoms. The number of nitrogens with one attached hydrogen (secondary N) is 1. The normalized spacial score (nSPS) is 13.2. The van der Waals surface area contributed by atoms with Crippen LogP contribution in [0.25, 0.3) is 0 Å². The fraction of sp³-hybridized carbons (Fsp3) is 0.438. The van der Waals surface area contributed by atoms with Crippen LogP contribution in [-0.4, -0.2) is 36.5 Å². The predicted molar refractivity (Wildman–Crippen MR) is 87.5 cm³/mol. The van der Waals surface area contributed by atoms with Gasteiger partial charge < -0.3 is 5.32 Å². The number of benzene rings is 1. The van der Waals surface area contributed by atoms with Crippen LogP contribution in [0.5, 0.6) is 0 Å². The minimum Gasteiger partial charge on any atom is -0.312 e. The van der Waals surface area contributed by atoms with Crippen molar-refractivity contribution in [3.63, 3.8) is 0 Å². The third-order valence-electron chi connectivity index (χ3n) is 3.41. The highest BCUT2D eigenvalue weighted by Crippen LogP contribution is 2.10. The number of nitrogens with zero attached hydrogens (tertiary/aromatic N) is 2. The summed E-state index contributed by atoms with van der Waals surface area (Å²) in [6, 6.07) is 8.85. The Morgan fingerprint density at radius 3 is 2.64 bits per heavy atom. The molecule has 0 spiro atoms. The van der Waals surface area contributed by atoms with Gasteiger partial charge in [-0.1, -0.05) is 18.2 Å². The van der Waals surface area contributed by atoms with Crippen molar-refractivity contribution in [1.82, 2.24) is 15.1 Å². The van der Waals surface area contributed by atoms with E-state index in [2.05, 4.69) is 17.3 Å². The first-order valence-electron chi connectivity index (χ1n) is 7.47. The highest BCUT2D eigenvalue weighted by atomic mass is 32.2. The number of hydrogen-bond acceptors (Lipinski definition) is 4. The van der Waals surface area contributed by atoms with E-state index < -0.39 is 9.84 Å². The Balaban J connectivity index is 1.72. The second kappa shape index (κ2) is 7.56. The average Bonchev–Trinajstić information content (AvgIpc) is 2.90. The maximum atomic E-state index is 12.1. The molecule has 0 aliphatic rings. The first-order valence-corrected chi connectivity index (χ1v) is 9.13. The van der Waals surface area contributed by atoms with Gasteiger partial charge in [-0.05, 0) is 44.5 Å². The maximum absolute atomic E-state index is 12.1. The fourth-order valence-electron chi connectivity index (χ4n) is 2.27. The van der Waals surface area contributed by atoms with Gasteiger partial charge in [-0.15, -0.1) is 0 Å². The number of rotatable bonds is 8. The first kappa shape index (κ1) is 16.7. The molecular formula is C16H23N3O2S. The van der Waals surface area contributed by atoms with Crippen LogP contribution in [-0.2, 0) is 16.4 Å². The van der Waals surface area contributed by atoms with Crippen molar-refractivity contribution in [3.8, 4) is 0 Å². The van der Waals surface area contributed by atoms with Crippen LogP contribution >= 0.6 is 0 Å². The van der Waals surface area contributed by atoms with Crippen LogP contribution in [0.15, 0.2) is 47.6 Å². The van der Waals surface area contributed by atoms with Gasteiger partial charge >= 0.3 is 0 Å². The lowest BCUT2D eigenvalue weighted by Gasteiger charge is -2.13. The number of hydrogen-bond donors (Lipinski definition) is 1. The lowest BCUT2D eigenvalue weighted by atomic mass is 10.3. The Kier molecular flexibility index (Phi) is 5.74. The van der Waals surface area contributed by atoms with E-state index >= 15 is 0 Å². The Labute approximate surface area is 132 Å². The minimum absolute atomic E-state index is 0.164. The van der Waals surface area contributed by atoms with Crippen molar-refractivity contribution >= 4 is 9.84 Å². The van der Waals surface area contributed by atoms with E-state index in [1.165, 1.54) is 0 Å². The molecule has 0 aliphatic carbocycles. The van der Waals surface area contributed by atoms with Crippen LogP contribution in [0.3, 0.4) is 0 Å². The zero-order valence-corrected chi connectivity index (χ0v) is 13.9. The Bertz CT molecular complexity index is 680. The highest BCUT2D eigenvalue weighted by molar-refractivity contribution is 7.91. The van der Waals surface area contributed by atoms with E-state index in [-0.39, 0.29) is 11.8 Å². The molecule has 1 N–H and O–H groups in total. The van der Waals surface area contributed by atoms with Gasteiger partial charge in [0.05, 0.1) is 23.4 Å². The molecule has 2 aromatic rings. The second-order valence-corrected chi connectivity index (χ2v) is 7.69. The predicted octanol–water partition coefficient (Wildman–Crippen LogP) is 2.03. The topological polar surface area (TPSA) is 64.0 Å². The monoisotopic (exact) mass is 321 g/mol. The molecular weight excluding hydrogens is 298 g/mol. The molecule has 0 unspecified atom stereocenters. The molecule has 0 aliphatic heterocycles. The summed E-state index contributed by atoms with van der Waals surface area (Å²) in [7, 11) is -3.17. The minimum atomic E-state index is -3.17. The average molecular weight is 321 g/mol. The molecule has 1 aromatic heterocycles. The molecule has 22 heavy (non-hydrogen) atoms. The van der Waals surface area contributed by atoms with E-state index in [1.807, 2.05) is 30.1 Å². The molecule has 0 fully saturated rings. The molecule has 5 nitrogen and oxygen atoms in total. The van der Waals surface area contributed by atoms with Gasteiger partial charge in [0.25, 0.3) is 0 Å². The molecule has 1 atom stereocenters. The summed E-state index contributed by atoms with van der Waals surface area (Å²) in [5.41, 5.74) is 1.14. The summed E-state index contributed by atoms with van der Waals surface area (Å²) in [4.78, 5) is 0.398. The first-order chi connectivity index (χ1) is 10.5. The lowest BCUT2D eigenvalue weighted by Crippen LogP contribution is -2.32. The molecule has 0 saturated carbocycles. The van der Waals surface area contributed by atoms with Crippen molar-refractivity contribution < 1.29 is 8.42 Å². The summed E-state index contributed by atoms with van der Waals surface area (Å²) in [5, 5.41) is 7.58. The highest BCUT2D eigenvalue weighted by Gasteiger charge is 2.13. The summed E-state index contributed by atoms with van der Waals surface area (Å²) in [5.74, 6) is 0.164. The van der Waals surface area contributed by atoms with Crippen LogP contribution in [0.2, 0.25) is 0 Å². The third kappa shape index (κ3) is 4.96.